The van der Waals surface area contributed by atoms with Crippen molar-refractivity contribution < 1.29 is 49.0 Å². The summed E-state index contributed by atoms with van der Waals surface area (Å²) in [5.74, 6) is 0.639. The van der Waals surface area contributed by atoms with Crippen LogP contribution in [-0.4, -0.2) is 97.5 Å². The van der Waals surface area contributed by atoms with Crippen molar-refractivity contribution in [3.8, 4) is 23.0 Å². The Bertz CT molecular complexity index is 1810. The number of aliphatic hydroxyl groups excluding tert-OH is 2. The van der Waals surface area contributed by atoms with Crippen molar-refractivity contribution in [2.75, 3.05) is 52.9 Å². The second-order valence-electron chi connectivity index (χ2n) is 12.8. The van der Waals surface area contributed by atoms with E-state index in [1.807, 2.05) is 42.1 Å². The van der Waals surface area contributed by atoms with E-state index in [1.165, 1.54) is 26.7 Å². The van der Waals surface area contributed by atoms with Gasteiger partial charge in [-0.3, -0.25) is 0 Å². The summed E-state index contributed by atoms with van der Waals surface area (Å²) in [5.41, 5.74) is 4.93. The number of hydrogen-bond acceptors (Lipinski definition) is 11. The third kappa shape index (κ3) is 8.73. The fourth-order valence-corrected chi connectivity index (χ4v) is 7.41. The van der Waals surface area contributed by atoms with E-state index in [1.54, 1.807) is 14.2 Å². The lowest BCUT2D eigenvalue weighted by atomic mass is 9.89. The standard InChI is InChI=1S/C18H22N2S.C17H16O4.C4H6O6/c1-14(12-19(2)3)13-20-15-8-4-6-10-17(15)21-18-11-7-5-9-16(18)20;1-18-10-4-6-13-15(7-10)20-9-14-12-5-3-11(19-2)8-16(12)21-17(13)14;5-1(3(7)8)2(6)4(9)10/h4-11,14H,12-13H2,1-3H3;3-8,14,17H,9H2,1-2H3;1-2,5-6H,(H,7,8)(H,9,10). The van der Waals surface area contributed by atoms with Crippen molar-refractivity contribution in [3.63, 3.8) is 0 Å². The summed E-state index contributed by atoms with van der Waals surface area (Å²) >= 11 is 1.88. The lowest BCUT2D eigenvalue weighted by molar-refractivity contribution is -0.165. The molecule has 0 spiro atoms. The maximum Gasteiger partial charge on any atom is 0.335 e. The van der Waals surface area contributed by atoms with E-state index in [0.29, 0.717) is 12.5 Å². The first-order valence-electron chi connectivity index (χ1n) is 16.7. The topological polar surface area (TPSA) is 158 Å². The summed E-state index contributed by atoms with van der Waals surface area (Å²) in [4.78, 5) is 27.0. The van der Waals surface area contributed by atoms with Crippen LogP contribution in [0.1, 0.15) is 30.1 Å². The van der Waals surface area contributed by atoms with Gasteiger partial charge in [-0.05, 0) is 62.5 Å². The largest absolute Gasteiger partial charge is 0.497 e. The van der Waals surface area contributed by atoms with Gasteiger partial charge < -0.3 is 49.2 Å². The van der Waals surface area contributed by atoms with Crippen molar-refractivity contribution in [3.05, 3.63) is 96.1 Å². The number of aliphatic carboxylic acids is 2. The van der Waals surface area contributed by atoms with E-state index < -0.39 is 24.1 Å². The van der Waals surface area contributed by atoms with Crippen LogP contribution in [0.25, 0.3) is 0 Å². The molecule has 0 saturated heterocycles. The zero-order chi connectivity index (χ0) is 37.5. The van der Waals surface area contributed by atoms with Crippen LogP contribution >= 0.6 is 11.8 Å². The van der Waals surface area contributed by atoms with Crippen molar-refractivity contribution in [1.82, 2.24) is 4.90 Å². The van der Waals surface area contributed by atoms with E-state index in [0.717, 1.165) is 41.7 Å². The lowest BCUT2D eigenvalue weighted by Crippen LogP contribution is -2.39. The van der Waals surface area contributed by atoms with E-state index in [4.69, 9.17) is 39.4 Å². The molecule has 4 aromatic rings. The Balaban J connectivity index is 0.000000162. The normalized spacial score (nSPS) is 17.7. The first-order valence-corrected chi connectivity index (χ1v) is 17.5. The molecule has 3 heterocycles. The number of rotatable bonds is 9. The van der Waals surface area contributed by atoms with Crippen LogP contribution < -0.4 is 23.8 Å². The third-order valence-electron chi connectivity index (χ3n) is 8.69. The number of aliphatic hydroxyl groups is 2. The predicted molar refractivity (Wildman–Crippen MR) is 197 cm³/mol. The molecule has 0 amide bonds. The first-order chi connectivity index (χ1) is 24.9. The maximum absolute atomic E-state index is 9.77. The van der Waals surface area contributed by atoms with Gasteiger partial charge in [0.25, 0.3) is 0 Å². The summed E-state index contributed by atoms with van der Waals surface area (Å²) < 4.78 is 22.6. The number of hydrogen-bond donors (Lipinski definition) is 4. The van der Waals surface area contributed by atoms with E-state index in [9.17, 15) is 9.59 Å². The highest BCUT2D eigenvalue weighted by atomic mass is 32.2. The Morgan fingerprint density at radius 2 is 1.35 bits per heavy atom. The quantitative estimate of drug-likeness (QED) is 0.167. The van der Waals surface area contributed by atoms with Gasteiger partial charge in [0.2, 0.25) is 0 Å². The van der Waals surface area contributed by atoms with Crippen molar-refractivity contribution in [2.45, 2.75) is 40.9 Å². The lowest BCUT2D eigenvalue weighted by Gasteiger charge is -2.35. The molecule has 0 saturated carbocycles. The van der Waals surface area contributed by atoms with Gasteiger partial charge in [-0.15, -0.1) is 0 Å². The number of carboxylic acids is 2. The van der Waals surface area contributed by atoms with Crippen LogP contribution in [0.5, 0.6) is 23.0 Å². The molecule has 13 heteroatoms. The summed E-state index contributed by atoms with van der Waals surface area (Å²) in [6.07, 6.45) is -4.53. The molecule has 5 atom stereocenters. The van der Waals surface area contributed by atoms with Gasteiger partial charge >= 0.3 is 11.9 Å². The SMILES string of the molecule is CC(CN(C)C)CN1c2ccccc2Sc2ccccc21.COc1ccc2c(c1)OC1c3ccc(OC)cc3OCC21.O=C(O)C(O)C(O)C(=O)O. The molecule has 0 aromatic heterocycles. The average Bonchev–Trinajstić information content (AvgIpc) is 3.52. The summed E-state index contributed by atoms with van der Waals surface area (Å²) in [7, 11) is 7.60. The van der Waals surface area contributed by atoms with Crippen LogP contribution in [0.3, 0.4) is 0 Å². The molecular formula is C39H44N2O10S. The third-order valence-corrected chi connectivity index (χ3v) is 9.82. The number of para-hydroxylation sites is 2. The molecule has 7 rings (SSSR count). The molecule has 5 unspecified atom stereocenters. The minimum atomic E-state index is -2.27. The Morgan fingerprint density at radius 1 is 0.827 bits per heavy atom. The Morgan fingerprint density at radius 3 is 1.87 bits per heavy atom. The second-order valence-corrected chi connectivity index (χ2v) is 13.9. The first kappa shape index (κ1) is 38.3. The zero-order valence-electron chi connectivity index (χ0n) is 29.6. The van der Waals surface area contributed by atoms with Crippen LogP contribution in [0.15, 0.2) is 94.7 Å². The molecule has 0 bridgehead atoms. The smallest absolute Gasteiger partial charge is 0.335 e. The fraction of sp³-hybridized carbons (Fsp3) is 0.333. The van der Waals surface area contributed by atoms with E-state index >= 15 is 0 Å². The number of nitrogens with zero attached hydrogens (tertiary/aromatic N) is 2. The van der Waals surface area contributed by atoms with Gasteiger partial charge in [0.15, 0.2) is 12.2 Å². The predicted octanol–water partition coefficient (Wildman–Crippen LogP) is 5.68. The minimum absolute atomic E-state index is 0.00163. The van der Waals surface area contributed by atoms with Crippen LogP contribution in [-0.2, 0) is 9.59 Å². The highest BCUT2D eigenvalue weighted by Gasteiger charge is 2.41. The van der Waals surface area contributed by atoms with E-state index in [2.05, 4.69) is 85.4 Å². The van der Waals surface area contributed by atoms with Gasteiger partial charge in [-0.2, -0.15) is 0 Å². The van der Waals surface area contributed by atoms with Crippen molar-refractivity contribution >= 4 is 35.1 Å². The molecule has 276 valence electrons. The fourth-order valence-electron chi connectivity index (χ4n) is 6.31. The molecule has 0 radical (unpaired) electrons. The maximum atomic E-state index is 9.77. The second kappa shape index (κ2) is 17.0. The summed E-state index contributed by atoms with van der Waals surface area (Å²) in [5, 5.41) is 32.5. The van der Waals surface area contributed by atoms with Gasteiger partial charge in [-0.1, -0.05) is 49.0 Å². The summed E-state index contributed by atoms with van der Waals surface area (Å²) in [6, 6.07) is 29.3. The molecule has 4 N–H and O–H groups in total. The molecule has 0 fully saturated rings. The number of anilines is 2. The highest BCUT2D eigenvalue weighted by Crippen LogP contribution is 2.52. The van der Waals surface area contributed by atoms with Crippen LogP contribution in [0, 0.1) is 5.92 Å². The molecule has 52 heavy (non-hydrogen) atoms. The number of fused-ring (bicyclic) bond motifs is 7. The molecular weight excluding hydrogens is 689 g/mol. The Labute approximate surface area is 307 Å². The minimum Gasteiger partial charge on any atom is -0.497 e. The van der Waals surface area contributed by atoms with Gasteiger partial charge in [0.05, 0.1) is 38.1 Å². The monoisotopic (exact) mass is 732 g/mol. The molecule has 3 aliphatic heterocycles. The Kier molecular flexibility index (Phi) is 12.5. The van der Waals surface area contributed by atoms with Gasteiger partial charge in [-0.25, -0.2) is 9.59 Å². The van der Waals surface area contributed by atoms with Gasteiger partial charge in [0, 0.05) is 46.1 Å². The number of carboxylic acid groups (broad SMARTS) is 2. The van der Waals surface area contributed by atoms with E-state index in [-0.39, 0.29) is 12.0 Å². The number of methoxy groups -OCH3 is 2. The average molecular weight is 733 g/mol. The van der Waals surface area contributed by atoms with Gasteiger partial charge in [0.1, 0.15) is 29.1 Å². The summed E-state index contributed by atoms with van der Waals surface area (Å²) in [6.45, 7) is 5.10. The van der Waals surface area contributed by atoms with Crippen LogP contribution in [0.2, 0.25) is 0 Å². The van der Waals surface area contributed by atoms with Crippen molar-refractivity contribution in [1.29, 1.82) is 0 Å². The molecule has 3 aliphatic rings. The zero-order valence-corrected chi connectivity index (χ0v) is 30.4. The number of benzene rings is 4. The number of carbonyl (C=O) groups is 2. The molecule has 0 aliphatic carbocycles. The Hall–Kier alpha value is -4.95. The van der Waals surface area contributed by atoms with Crippen molar-refractivity contribution in [2.24, 2.45) is 5.92 Å². The highest BCUT2D eigenvalue weighted by molar-refractivity contribution is 7.99. The number of ether oxygens (including phenoxy) is 4. The molecule has 12 nitrogen and oxygen atoms in total. The van der Waals surface area contributed by atoms with Crippen LogP contribution in [0.4, 0.5) is 11.4 Å². The molecule has 4 aromatic carbocycles.